The standard InChI is InChI=1S/C13H17N3O2.C2HF3O2/c1-16-8-11-3-5-18-12(13(11)15-16)7-14-6-10-2-4-17-9-10;3-2(4,5)1(6)7/h2,4,8-9,12,14H,3,5-7H2,1H3;(H,6,7). The molecule has 1 unspecified atom stereocenters. The number of carboxylic acid groups (broad SMARTS) is 1. The van der Waals surface area contributed by atoms with Gasteiger partial charge in [-0.05, 0) is 18.1 Å². The first-order valence-corrected chi connectivity index (χ1v) is 7.43. The molecule has 3 rings (SSSR count). The average Bonchev–Trinajstić information content (AvgIpc) is 3.15. The van der Waals surface area contributed by atoms with Crippen LogP contribution in [0.2, 0.25) is 0 Å². The van der Waals surface area contributed by atoms with Crippen molar-refractivity contribution in [3.63, 3.8) is 0 Å². The topological polar surface area (TPSA) is 89.5 Å². The highest BCUT2D eigenvalue weighted by molar-refractivity contribution is 5.73. The minimum Gasteiger partial charge on any atom is -0.475 e. The van der Waals surface area contributed by atoms with Gasteiger partial charge in [0.2, 0.25) is 0 Å². The Bertz CT molecular complexity index is 683. The molecule has 0 spiro atoms. The molecular weight excluding hydrogens is 343 g/mol. The fourth-order valence-electron chi connectivity index (χ4n) is 2.30. The number of aliphatic carboxylic acids is 1. The first-order chi connectivity index (χ1) is 11.8. The van der Waals surface area contributed by atoms with Crippen LogP contribution in [-0.2, 0) is 29.5 Å². The lowest BCUT2D eigenvalue weighted by Crippen LogP contribution is -2.27. The van der Waals surface area contributed by atoms with Crippen LogP contribution in [0, 0.1) is 0 Å². The van der Waals surface area contributed by atoms with E-state index in [1.54, 1.807) is 12.5 Å². The molecule has 10 heteroatoms. The number of aromatic nitrogens is 2. The highest BCUT2D eigenvalue weighted by atomic mass is 19.4. The first-order valence-electron chi connectivity index (χ1n) is 7.43. The molecule has 2 N–H and O–H groups in total. The lowest BCUT2D eigenvalue weighted by atomic mass is 10.1. The third-order valence-electron chi connectivity index (χ3n) is 3.41. The van der Waals surface area contributed by atoms with Crippen molar-refractivity contribution in [2.75, 3.05) is 13.2 Å². The van der Waals surface area contributed by atoms with Crippen molar-refractivity contribution in [3.8, 4) is 0 Å². The van der Waals surface area contributed by atoms with E-state index in [0.717, 1.165) is 37.4 Å². The number of furan rings is 1. The van der Waals surface area contributed by atoms with E-state index in [4.69, 9.17) is 19.1 Å². The van der Waals surface area contributed by atoms with Crippen LogP contribution in [-0.4, -0.2) is 40.2 Å². The van der Waals surface area contributed by atoms with Crippen molar-refractivity contribution in [1.82, 2.24) is 15.1 Å². The van der Waals surface area contributed by atoms with Gasteiger partial charge in [0.15, 0.2) is 0 Å². The lowest BCUT2D eigenvalue weighted by molar-refractivity contribution is -0.192. The molecule has 1 aliphatic heterocycles. The number of alkyl halides is 3. The SMILES string of the molecule is Cn1cc2c(n1)C(CNCc1ccoc1)OCC2.O=C(O)C(F)(F)F. The summed E-state index contributed by atoms with van der Waals surface area (Å²) >= 11 is 0. The van der Waals surface area contributed by atoms with E-state index < -0.39 is 12.1 Å². The molecule has 0 aromatic carbocycles. The third kappa shape index (κ3) is 5.61. The number of hydrogen-bond acceptors (Lipinski definition) is 5. The smallest absolute Gasteiger partial charge is 0.475 e. The maximum Gasteiger partial charge on any atom is 0.490 e. The third-order valence-corrected chi connectivity index (χ3v) is 3.41. The number of carbonyl (C=O) groups is 1. The fourth-order valence-corrected chi connectivity index (χ4v) is 2.30. The van der Waals surface area contributed by atoms with E-state index in [-0.39, 0.29) is 6.10 Å². The number of rotatable bonds is 4. The van der Waals surface area contributed by atoms with Crippen LogP contribution in [0.15, 0.2) is 29.2 Å². The summed E-state index contributed by atoms with van der Waals surface area (Å²) in [4.78, 5) is 8.90. The van der Waals surface area contributed by atoms with Crippen LogP contribution in [0.4, 0.5) is 13.2 Å². The number of nitrogens with zero attached hydrogens (tertiary/aromatic N) is 2. The number of nitrogens with one attached hydrogen (secondary N) is 1. The van der Waals surface area contributed by atoms with Crippen molar-refractivity contribution in [2.24, 2.45) is 7.05 Å². The highest BCUT2D eigenvalue weighted by Gasteiger charge is 2.38. The maximum atomic E-state index is 10.6. The summed E-state index contributed by atoms with van der Waals surface area (Å²) in [6.45, 7) is 2.34. The number of ether oxygens (including phenoxy) is 1. The van der Waals surface area contributed by atoms with Crippen molar-refractivity contribution in [1.29, 1.82) is 0 Å². The number of halogens is 3. The van der Waals surface area contributed by atoms with Crippen LogP contribution < -0.4 is 5.32 Å². The van der Waals surface area contributed by atoms with Crippen LogP contribution in [0.5, 0.6) is 0 Å². The Morgan fingerprint density at radius 2 is 2.24 bits per heavy atom. The van der Waals surface area contributed by atoms with Crippen molar-refractivity contribution >= 4 is 5.97 Å². The summed E-state index contributed by atoms with van der Waals surface area (Å²) in [5, 5.41) is 15.0. The quantitative estimate of drug-likeness (QED) is 0.866. The Morgan fingerprint density at radius 1 is 1.52 bits per heavy atom. The van der Waals surface area contributed by atoms with Gasteiger partial charge in [0.25, 0.3) is 0 Å². The summed E-state index contributed by atoms with van der Waals surface area (Å²) in [5.74, 6) is -2.76. The molecule has 1 aliphatic rings. The molecule has 0 amide bonds. The van der Waals surface area contributed by atoms with E-state index >= 15 is 0 Å². The Morgan fingerprint density at radius 3 is 2.84 bits per heavy atom. The molecule has 0 saturated carbocycles. The molecule has 0 saturated heterocycles. The van der Waals surface area contributed by atoms with Gasteiger partial charge in [0.1, 0.15) is 6.10 Å². The van der Waals surface area contributed by atoms with Crippen LogP contribution >= 0.6 is 0 Å². The van der Waals surface area contributed by atoms with Gasteiger partial charge < -0.3 is 19.6 Å². The molecule has 3 heterocycles. The Hall–Kier alpha value is -2.33. The molecule has 0 fully saturated rings. The summed E-state index contributed by atoms with van der Waals surface area (Å²) < 4.78 is 44.4. The van der Waals surface area contributed by atoms with E-state index in [1.165, 1.54) is 5.56 Å². The average molecular weight is 361 g/mol. The second-order valence-corrected chi connectivity index (χ2v) is 5.39. The minimum absolute atomic E-state index is 0.0573. The predicted octanol–water partition coefficient (Wildman–Crippen LogP) is 2.05. The van der Waals surface area contributed by atoms with Gasteiger partial charge >= 0.3 is 12.1 Å². The van der Waals surface area contributed by atoms with Crippen LogP contribution in [0.25, 0.3) is 0 Å². The number of hydrogen-bond donors (Lipinski definition) is 2. The van der Waals surface area contributed by atoms with Gasteiger partial charge in [0.05, 0.1) is 24.8 Å². The molecule has 1 atom stereocenters. The van der Waals surface area contributed by atoms with Gasteiger partial charge in [-0.25, -0.2) is 4.79 Å². The molecule has 7 nitrogen and oxygen atoms in total. The van der Waals surface area contributed by atoms with E-state index in [9.17, 15) is 13.2 Å². The summed E-state index contributed by atoms with van der Waals surface area (Å²) in [6, 6.07) is 1.96. The Kier molecular flexibility index (Phi) is 6.21. The second-order valence-electron chi connectivity index (χ2n) is 5.39. The largest absolute Gasteiger partial charge is 0.490 e. The molecule has 0 bridgehead atoms. The van der Waals surface area contributed by atoms with Gasteiger partial charge in [0, 0.05) is 31.9 Å². The monoisotopic (exact) mass is 361 g/mol. The summed E-state index contributed by atoms with van der Waals surface area (Å²) in [5.41, 5.74) is 3.52. The molecule has 138 valence electrons. The normalized spacial score (nSPS) is 16.7. The van der Waals surface area contributed by atoms with Crippen LogP contribution in [0.1, 0.15) is 22.9 Å². The highest BCUT2D eigenvalue weighted by Crippen LogP contribution is 2.24. The number of carboxylic acids is 1. The van der Waals surface area contributed by atoms with E-state index in [2.05, 4.69) is 16.6 Å². The molecule has 2 aromatic rings. The zero-order valence-corrected chi connectivity index (χ0v) is 13.4. The van der Waals surface area contributed by atoms with Gasteiger partial charge in [-0.15, -0.1) is 0 Å². The second kappa shape index (κ2) is 8.17. The van der Waals surface area contributed by atoms with E-state index in [1.807, 2.05) is 17.8 Å². The van der Waals surface area contributed by atoms with Gasteiger partial charge in [-0.2, -0.15) is 18.3 Å². The molecule has 0 radical (unpaired) electrons. The Balaban J connectivity index is 0.000000277. The zero-order valence-electron chi connectivity index (χ0n) is 13.4. The predicted molar refractivity (Wildman–Crippen MR) is 79.7 cm³/mol. The maximum absolute atomic E-state index is 10.6. The fraction of sp³-hybridized carbons (Fsp3) is 0.467. The molecule has 0 aliphatic carbocycles. The summed E-state index contributed by atoms with van der Waals surface area (Å²) in [7, 11) is 1.95. The lowest BCUT2D eigenvalue weighted by Gasteiger charge is -2.22. The van der Waals surface area contributed by atoms with Crippen molar-refractivity contribution in [2.45, 2.75) is 25.2 Å². The number of aryl methyl sites for hydroxylation is 1. The van der Waals surface area contributed by atoms with Crippen molar-refractivity contribution in [3.05, 3.63) is 41.6 Å². The van der Waals surface area contributed by atoms with E-state index in [0.29, 0.717) is 0 Å². The first kappa shape index (κ1) is 19.0. The number of fused-ring (bicyclic) bond motifs is 1. The Labute approximate surface area is 141 Å². The van der Waals surface area contributed by atoms with Gasteiger partial charge in [-0.3, -0.25) is 4.68 Å². The van der Waals surface area contributed by atoms with Crippen molar-refractivity contribution < 1.29 is 32.2 Å². The minimum atomic E-state index is -5.08. The molecule has 25 heavy (non-hydrogen) atoms. The van der Waals surface area contributed by atoms with Crippen LogP contribution in [0.3, 0.4) is 0 Å². The molecule has 2 aromatic heterocycles. The zero-order chi connectivity index (χ0) is 18.4. The van der Waals surface area contributed by atoms with Gasteiger partial charge in [-0.1, -0.05) is 0 Å². The summed E-state index contributed by atoms with van der Waals surface area (Å²) in [6.07, 6.45) is 1.45. The molecular formula is C15H18F3N3O4.